The molecule has 1 aromatic carbocycles. The van der Waals surface area contributed by atoms with E-state index in [1.165, 1.54) is 17.4 Å². The predicted molar refractivity (Wildman–Crippen MR) is 111 cm³/mol. The van der Waals surface area contributed by atoms with Gasteiger partial charge in [-0.05, 0) is 24.8 Å². The summed E-state index contributed by atoms with van der Waals surface area (Å²) in [7, 11) is 0. The molecule has 1 unspecified atom stereocenters. The maximum absolute atomic E-state index is 13.8. The van der Waals surface area contributed by atoms with Gasteiger partial charge in [-0.3, -0.25) is 9.69 Å². The van der Waals surface area contributed by atoms with Crippen molar-refractivity contribution < 1.29 is 37.0 Å². The summed E-state index contributed by atoms with van der Waals surface area (Å²) < 4.78 is 51.6. The molecule has 2 saturated heterocycles. The molecule has 1 amide bonds. The summed E-state index contributed by atoms with van der Waals surface area (Å²) in [6.07, 6.45) is -3.18. The number of ether oxygens (including phenoxy) is 1. The molecule has 1 atom stereocenters. The zero-order chi connectivity index (χ0) is 24.1. The molecule has 2 aliphatic rings. The third-order valence-corrected chi connectivity index (χ3v) is 6.21. The van der Waals surface area contributed by atoms with E-state index in [0.717, 1.165) is 38.1 Å². The Balaban J connectivity index is 0.000000383. The highest BCUT2D eigenvalue weighted by Crippen LogP contribution is 2.42. The summed E-state index contributed by atoms with van der Waals surface area (Å²) in [5, 5.41) is 11.8. The number of likely N-dealkylation sites (tertiary alicyclic amines) is 1. The highest BCUT2D eigenvalue weighted by atomic mass is 32.1. The lowest BCUT2D eigenvalue weighted by molar-refractivity contribution is -0.192. The number of benzene rings is 1. The van der Waals surface area contributed by atoms with Gasteiger partial charge in [-0.25, -0.2) is 14.2 Å². The Kier molecular flexibility index (Phi) is 8.03. The Labute approximate surface area is 191 Å². The minimum atomic E-state index is -5.08. The Morgan fingerprint density at radius 2 is 2.00 bits per heavy atom. The van der Waals surface area contributed by atoms with Gasteiger partial charge in [0.15, 0.2) is 0 Å². The molecule has 2 aromatic rings. The van der Waals surface area contributed by atoms with Crippen LogP contribution in [0.25, 0.3) is 0 Å². The Morgan fingerprint density at radius 1 is 1.30 bits per heavy atom. The third-order valence-electron chi connectivity index (χ3n) is 5.62. The lowest BCUT2D eigenvalue weighted by Crippen LogP contribution is -2.64. The van der Waals surface area contributed by atoms with Crippen molar-refractivity contribution in [3.63, 3.8) is 0 Å². The number of hydrogen-bond acceptors (Lipinski definition) is 6. The van der Waals surface area contributed by atoms with E-state index >= 15 is 0 Å². The number of carbonyl (C=O) groups excluding carboxylic acids is 1. The van der Waals surface area contributed by atoms with E-state index in [1.807, 2.05) is 12.1 Å². The van der Waals surface area contributed by atoms with Crippen LogP contribution < -0.4 is 5.32 Å². The minimum absolute atomic E-state index is 0.117. The molecular formula is C21H23F4N3O4S. The number of amides is 1. The van der Waals surface area contributed by atoms with E-state index in [1.54, 1.807) is 17.0 Å². The molecule has 0 aliphatic carbocycles. The number of rotatable bonds is 6. The number of carboxylic acids is 1. The smallest absolute Gasteiger partial charge is 0.475 e. The second kappa shape index (κ2) is 10.6. The summed E-state index contributed by atoms with van der Waals surface area (Å²) >= 11 is 1.42. The molecule has 1 aromatic heterocycles. The van der Waals surface area contributed by atoms with Gasteiger partial charge in [-0.15, -0.1) is 11.3 Å². The fraction of sp³-hybridized carbons (Fsp3) is 0.476. The largest absolute Gasteiger partial charge is 0.490 e. The monoisotopic (exact) mass is 489 g/mol. The van der Waals surface area contributed by atoms with E-state index in [0.29, 0.717) is 24.7 Å². The zero-order valence-electron chi connectivity index (χ0n) is 17.5. The molecule has 33 heavy (non-hydrogen) atoms. The third kappa shape index (κ3) is 6.49. The molecule has 2 fully saturated rings. The van der Waals surface area contributed by atoms with E-state index in [9.17, 15) is 22.4 Å². The standard InChI is InChI=1S/C19H22FN3O2S.C2HF3O2/c20-16-4-2-1-3-14(16)9-23-11-19(12-23)15(6-8-25-19)5-7-21-18(24)17-10-26-13-22-17;3-2(4,5)1(6)7/h1-4,10,13,15H,5-9,11-12H2,(H,21,24);(H,6,7). The molecule has 2 aliphatic heterocycles. The lowest BCUT2D eigenvalue weighted by Gasteiger charge is -2.50. The van der Waals surface area contributed by atoms with Crippen LogP contribution in [0.3, 0.4) is 0 Å². The highest BCUT2D eigenvalue weighted by Gasteiger charge is 2.52. The van der Waals surface area contributed by atoms with Crippen LogP contribution in [0.1, 0.15) is 28.9 Å². The maximum atomic E-state index is 13.8. The predicted octanol–water partition coefficient (Wildman–Crippen LogP) is 3.33. The molecule has 1 spiro atoms. The summed E-state index contributed by atoms with van der Waals surface area (Å²) in [4.78, 5) is 27.1. The van der Waals surface area contributed by atoms with Crippen LogP contribution in [0.15, 0.2) is 35.2 Å². The van der Waals surface area contributed by atoms with Crippen LogP contribution in [-0.2, 0) is 16.1 Å². The number of nitrogens with one attached hydrogen (secondary N) is 1. The lowest BCUT2D eigenvalue weighted by atomic mass is 9.78. The van der Waals surface area contributed by atoms with Gasteiger partial charge >= 0.3 is 12.1 Å². The van der Waals surface area contributed by atoms with Gasteiger partial charge in [0.25, 0.3) is 5.91 Å². The molecule has 2 N–H and O–H groups in total. The van der Waals surface area contributed by atoms with Crippen LogP contribution >= 0.6 is 11.3 Å². The summed E-state index contributed by atoms with van der Waals surface area (Å²) in [5.41, 5.74) is 2.74. The first-order valence-electron chi connectivity index (χ1n) is 10.2. The van der Waals surface area contributed by atoms with Gasteiger partial charge in [0.1, 0.15) is 11.5 Å². The zero-order valence-corrected chi connectivity index (χ0v) is 18.3. The fourth-order valence-corrected chi connectivity index (χ4v) is 4.54. The number of thiazole rings is 1. The molecule has 0 bridgehead atoms. The van der Waals surface area contributed by atoms with Crippen molar-refractivity contribution in [1.82, 2.24) is 15.2 Å². The second-order valence-electron chi connectivity index (χ2n) is 7.86. The number of nitrogens with zero attached hydrogens (tertiary/aromatic N) is 2. The van der Waals surface area contributed by atoms with Crippen LogP contribution in [-0.4, -0.2) is 64.9 Å². The molecule has 0 radical (unpaired) electrons. The van der Waals surface area contributed by atoms with E-state index in [-0.39, 0.29) is 17.3 Å². The quantitative estimate of drug-likeness (QED) is 0.605. The molecule has 12 heteroatoms. The topological polar surface area (TPSA) is 91.8 Å². The first kappa shape index (κ1) is 25.1. The van der Waals surface area contributed by atoms with Crippen molar-refractivity contribution in [3.8, 4) is 0 Å². The fourth-order valence-electron chi connectivity index (χ4n) is 4.01. The van der Waals surface area contributed by atoms with E-state index < -0.39 is 12.1 Å². The molecule has 4 rings (SSSR count). The minimum Gasteiger partial charge on any atom is -0.475 e. The van der Waals surface area contributed by atoms with Gasteiger partial charge in [-0.2, -0.15) is 13.2 Å². The SMILES string of the molecule is O=C(NCCC1CCOC12CN(Cc1ccccc1F)C2)c1cscn1.O=C(O)C(F)(F)F. The average Bonchev–Trinajstić information content (AvgIpc) is 3.39. The summed E-state index contributed by atoms with van der Waals surface area (Å²) in [5.74, 6) is -2.60. The van der Waals surface area contributed by atoms with Gasteiger partial charge in [0, 0.05) is 43.7 Å². The Bertz CT molecular complexity index is 949. The Hall–Kier alpha value is -2.57. The molecule has 3 heterocycles. The van der Waals surface area contributed by atoms with Crippen LogP contribution in [0.5, 0.6) is 0 Å². The number of aromatic nitrogens is 1. The van der Waals surface area contributed by atoms with Crippen molar-refractivity contribution in [1.29, 1.82) is 0 Å². The number of alkyl halides is 3. The molecule has 0 saturated carbocycles. The van der Waals surface area contributed by atoms with Crippen molar-refractivity contribution in [3.05, 3.63) is 52.2 Å². The van der Waals surface area contributed by atoms with E-state index in [4.69, 9.17) is 14.6 Å². The van der Waals surface area contributed by atoms with Crippen LogP contribution in [0, 0.1) is 11.7 Å². The maximum Gasteiger partial charge on any atom is 0.490 e. The van der Waals surface area contributed by atoms with Crippen molar-refractivity contribution >= 4 is 23.2 Å². The molecule has 7 nitrogen and oxygen atoms in total. The van der Waals surface area contributed by atoms with Crippen LogP contribution in [0.2, 0.25) is 0 Å². The first-order valence-corrected chi connectivity index (χ1v) is 11.1. The van der Waals surface area contributed by atoms with Gasteiger partial charge in [0.2, 0.25) is 0 Å². The van der Waals surface area contributed by atoms with Crippen molar-refractivity contribution in [2.24, 2.45) is 5.92 Å². The molecular weight excluding hydrogens is 466 g/mol. The summed E-state index contributed by atoms with van der Waals surface area (Å²) in [6.45, 7) is 3.65. The van der Waals surface area contributed by atoms with Crippen molar-refractivity contribution in [2.75, 3.05) is 26.2 Å². The van der Waals surface area contributed by atoms with Gasteiger partial charge in [0.05, 0.1) is 11.1 Å². The number of aliphatic carboxylic acids is 1. The number of hydrogen-bond donors (Lipinski definition) is 2. The average molecular weight is 489 g/mol. The van der Waals surface area contributed by atoms with E-state index in [2.05, 4.69) is 15.2 Å². The Morgan fingerprint density at radius 3 is 2.61 bits per heavy atom. The van der Waals surface area contributed by atoms with Crippen molar-refractivity contribution in [2.45, 2.75) is 31.2 Å². The first-order chi connectivity index (χ1) is 15.6. The van der Waals surface area contributed by atoms with Gasteiger partial charge in [-0.1, -0.05) is 18.2 Å². The second-order valence-corrected chi connectivity index (χ2v) is 8.58. The molecule has 180 valence electrons. The summed E-state index contributed by atoms with van der Waals surface area (Å²) in [6, 6.07) is 6.92. The number of halogens is 4. The number of carboxylic acid groups (broad SMARTS) is 1. The normalized spacial score (nSPS) is 19.5. The number of carbonyl (C=O) groups is 2. The highest BCUT2D eigenvalue weighted by molar-refractivity contribution is 7.07. The van der Waals surface area contributed by atoms with Crippen LogP contribution in [0.4, 0.5) is 17.6 Å². The van der Waals surface area contributed by atoms with Gasteiger partial charge < -0.3 is 15.2 Å².